The summed E-state index contributed by atoms with van der Waals surface area (Å²) in [5.74, 6) is -0.645. The Morgan fingerprint density at radius 2 is 2.04 bits per heavy atom. The quantitative estimate of drug-likeness (QED) is 0.239. The molecule has 0 spiro atoms. The first kappa shape index (κ1) is 20.2. The Morgan fingerprint density at radius 1 is 1.26 bits per heavy atom. The lowest BCUT2D eigenvalue weighted by Gasteiger charge is -2.19. The lowest BCUT2D eigenvalue weighted by atomic mass is 10.0. The number of pyridine rings is 1. The van der Waals surface area contributed by atoms with Gasteiger partial charge in [-0.15, -0.1) is 0 Å². The predicted molar refractivity (Wildman–Crippen MR) is 99.2 cm³/mol. The number of amides is 2. The van der Waals surface area contributed by atoms with Crippen LogP contribution in [-0.4, -0.2) is 44.1 Å². The minimum absolute atomic E-state index is 0.0708. The molecule has 2 heterocycles. The van der Waals surface area contributed by atoms with E-state index in [1.165, 1.54) is 0 Å². The van der Waals surface area contributed by atoms with E-state index in [1.54, 1.807) is 24.7 Å². The number of hydrogen-bond acceptors (Lipinski definition) is 7. The average Bonchev–Trinajstić information content (AvgIpc) is 2.72. The van der Waals surface area contributed by atoms with Gasteiger partial charge in [0.25, 0.3) is 0 Å². The van der Waals surface area contributed by atoms with Crippen molar-refractivity contribution in [3.63, 3.8) is 0 Å². The summed E-state index contributed by atoms with van der Waals surface area (Å²) in [6.45, 7) is 1.99. The van der Waals surface area contributed by atoms with Gasteiger partial charge in [-0.1, -0.05) is 26.2 Å². The van der Waals surface area contributed by atoms with Crippen molar-refractivity contribution in [2.75, 3.05) is 12.0 Å². The first-order valence-corrected chi connectivity index (χ1v) is 8.84. The molecule has 0 bridgehead atoms. The standard InChI is InChI=1S/C18H24N6O3/c1-2-3-4-5-15(12-24(27)13-25)17(26)22-23-18-20-11-8-16(21-18)14-6-9-19-10-7-14/h6-11,13,15,27H,2-5,12H2,1H3,(H,22,26)(H,20,21,23)/t15-/m0/s1. The topological polar surface area (TPSA) is 120 Å². The highest BCUT2D eigenvalue weighted by Gasteiger charge is 2.20. The number of aromatic nitrogens is 3. The molecule has 9 nitrogen and oxygen atoms in total. The highest BCUT2D eigenvalue weighted by Crippen LogP contribution is 2.16. The van der Waals surface area contributed by atoms with Crippen LogP contribution in [0.4, 0.5) is 5.95 Å². The molecule has 0 radical (unpaired) electrons. The van der Waals surface area contributed by atoms with Crippen molar-refractivity contribution < 1.29 is 14.8 Å². The number of nitrogens with zero attached hydrogens (tertiary/aromatic N) is 4. The van der Waals surface area contributed by atoms with E-state index in [0.717, 1.165) is 24.8 Å². The van der Waals surface area contributed by atoms with E-state index in [4.69, 9.17) is 0 Å². The van der Waals surface area contributed by atoms with Crippen LogP contribution >= 0.6 is 0 Å². The van der Waals surface area contributed by atoms with Crippen molar-refractivity contribution in [2.45, 2.75) is 32.6 Å². The third-order valence-electron chi connectivity index (χ3n) is 3.99. The number of unbranched alkanes of at least 4 members (excludes halogenated alkanes) is 2. The van der Waals surface area contributed by atoms with Gasteiger partial charge in [-0.3, -0.25) is 30.6 Å². The van der Waals surface area contributed by atoms with Gasteiger partial charge in [-0.05, 0) is 24.6 Å². The molecule has 0 saturated carbocycles. The second-order valence-electron chi connectivity index (χ2n) is 6.04. The summed E-state index contributed by atoms with van der Waals surface area (Å²) in [7, 11) is 0. The van der Waals surface area contributed by atoms with E-state index >= 15 is 0 Å². The fraction of sp³-hybridized carbons (Fsp3) is 0.389. The van der Waals surface area contributed by atoms with Gasteiger partial charge < -0.3 is 0 Å². The molecule has 9 heteroatoms. The zero-order chi connectivity index (χ0) is 19.5. The zero-order valence-electron chi connectivity index (χ0n) is 15.2. The number of nitrogens with one attached hydrogen (secondary N) is 2. The Kier molecular flexibility index (Phi) is 8.11. The van der Waals surface area contributed by atoms with Crippen molar-refractivity contribution in [3.8, 4) is 11.3 Å². The number of anilines is 1. The van der Waals surface area contributed by atoms with Crippen molar-refractivity contribution in [1.29, 1.82) is 0 Å². The van der Waals surface area contributed by atoms with E-state index in [2.05, 4.69) is 32.7 Å². The van der Waals surface area contributed by atoms with Crippen molar-refractivity contribution in [2.24, 2.45) is 5.92 Å². The number of hydrazine groups is 1. The molecule has 1 atom stereocenters. The van der Waals surface area contributed by atoms with Crippen LogP contribution in [0.25, 0.3) is 11.3 Å². The molecule has 0 fully saturated rings. The van der Waals surface area contributed by atoms with Gasteiger partial charge in [-0.25, -0.2) is 15.0 Å². The van der Waals surface area contributed by atoms with E-state index in [0.29, 0.717) is 17.2 Å². The second-order valence-corrected chi connectivity index (χ2v) is 6.04. The fourth-order valence-electron chi connectivity index (χ4n) is 2.54. The zero-order valence-corrected chi connectivity index (χ0v) is 15.2. The smallest absolute Gasteiger partial charge is 0.243 e. The van der Waals surface area contributed by atoms with Crippen molar-refractivity contribution >= 4 is 18.3 Å². The Morgan fingerprint density at radius 3 is 2.74 bits per heavy atom. The maximum absolute atomic E-state index is 12.4. The minimum atomic E-state index is -0.539. The van der Waals surface area contributed by atoms with Crippen LogP contribution < -0.4 is 10.9 Å². The summed E-state index contributed by atoms with van der Waals surface area (Å²) in [6, 6.07) is 5.40. The van der Waals surface area contributed by atoms with Gasteiger partial charge in [0.1, 0.15) is 0 Å². The Hall–Kier alpha value is -3.07. The molecular formula is C18H24N6O3. The molecule has 0 saturated heterocycles. The van der Waals surface area contributed by atoms with Crippen molar-refractivity contribution in [3.05, 3.63) is 36.8 Å². The van der Waals surface area contributed by atoms with Gasteiger partial charge in [-0.2, -0.15) is 0 Å². The van der Waals surface area contributed by atoms with Gasteiger partial charge in [0.05, 0.1) is 18.2 Å². The number of rotatable bonds is 11. The van der Waals surface area contributed by atoms with Crippen LogP contribution in [0.1, 0.15) is 32.6 Å². The first-order chi connectivity index (χ1) is 13.1. The molecule has 144 valence electrons. The van der Waals surface area contributed by atoms with E-state index in [1.807, 2.05) is 12.1 Å². The molecule has 0 aliphatic heterocycles. The van der Waals surface area contributed by atoms with Gasteiger partial charge in [0.2, 0.25) is 18.3 Å². The molecule has 2 amide bonds. The summed E-state index contributed by atoms with van der Waals surface area (Å²) in [4.78, 5) is 35.5. The molecule has 0 aliphatic rings. The van der Waals surface area contributed by atoms with Gasteiger partial charge in [0, 0.05) is 24.2 Å². The van der Waals surface area contributed by atoms with Crippen LogP contribution in [0.2, 0.25) is 0 Å². The Labute approximate surface area is 157 Å². The third kappa shape index (κ3) is 6.63. The van der Waals surface area contributed by atoms with Crippen molar-refractivity contribution in [1.82, 2.24) is 25.4 Å². The number of carbonyl (C=O) groups is 2. The molecule has 2 aromatic heterocycles. The maximum Gasteiger partial charge on any atom is 0.243 e. The molecule has 27 heavy (non-hydrogen) atoms. The molecule has 2 aromatic rings. The molecular weight excluding hydrogens is 348 g/mol. The first-order valence-electron chi connectivity index (χ1n) is 8.84. The second kappa shape index (κ2) is 10.8. The van der Waals surface area contributed by atoms with Gasteiger partial charge >= 0.3 is 0 Å². The van der Waals surface area contributed by atoms with E-state index < -0.39 is 5.92 Å². The molecule has 0 aromatic carbocycles. The largest absolute Gasteiger partial charge is 0.286 e. The van der Waals surface area contributed by atoms with E-state index in [-0.39, 0.29) is 24.8 Å². The highest BCUT2D eigenvalue weighted by molar-refractivity contribution is 5.80. The number of carbonyl (C=O) groups excluding carboxylic acids is 2. The Balaban J connectivity index is 1.98. The van der Waals surface area contributed by atoms with Crippen LogP contribution in [0.3, 0.4) is 0 Å². The molecule has 0 unspecified atom stereocenters. The summed E-state index contributed by atoms with van der Waals surface area (Å²) in [6.07, 6.45) is 8.58. The highest BCUT2D eigenvalue weighted by atomic mass is 16.5. The maximum atomic E-state index is 12.4. The third-order valence-corrected chi connectivity index (χ3v) is 3.99. The summed E-state index contributed by atoms with van der Waals surface area (Å²) in [5, 5.41) is 9.90. The predicted octanol–water partition coefficient (Wildman–Crippen LogP) is 2.03. The minimum Gasteiger partial charge on any atom is -0.286 e. The lowest BCUT2D eigenvalue weighted by Crippen LogP contribution is -2.40. The lowest BCUT2D eigenvalue weighted by molar-refractivity contribution is -0.154. The molecule has 0 aliphatic carbocycles. The summed E-state index contributed by atoms with van der Waals surface area (Å²) < 4.78 is 0. The monoisotopic (exact) mass is 372 g/mol. The molecule has 2 rings (SSSR count). The van der Waals surface area contributed by atoms with Crippen LogP contribution in [0.5, 0.6) is 0 Å². The normalized spacial score (nSPS) is 11.5. The Bertz CT molecular complexity index is 728. The van der Waals surface area contributed by atoms with Gasteiger partial charge in [0.15, 0.2) is 0 Å². The average molecular weight is 372 g/mol. The van der Waals surface area contributed by atoms with Crippen LogP contribution in [0.15, 0.2) is 36.8 Å². The summed E-state index contributed by atoms with van der Waals surface area (Å²) >= 11 is 0. The number of hydrogen-bond donors (Lipinski definition) is 3. The SMILES string of the molecule is CCCCC[C@@H](CN(O)C=O)C(=O)NNc1nccc(-c2ccncc2)n1. The number of hydroxylamine groups is 2. The molecule has 3 N–H and O–H groups in total. The van der Waals surface area contributed by atoms with Crippen LogP contribution in [0, 0.1) is 5.92 Å². The summed E-state index contributed by atoms with van der Waals surface area (Å²) in [5.41, 5.74) is 6.81. The van der Waals surface area contributed by atoms with E-state index in [9.17, 15) is 14.8 Å². The van der Waals surface area contributed by atoms with Crippen LogP contribution in [-0.2, 0) is 9.59 Å². The fourth-order valence-corrected chi connectivity index (χ4v) is 2.54.